The number of ketones is 1. The first-order chi connectivity index (χ1) is 13.5. The van der Waals surface area contributed by atoms with Crippen LogP contribution < -0.4 is 10.5 Å². The lowest BCUT2D eigenvalue weighted by molar-refractivity contribution is 0.101. The van der Waals surface area contributed by atoms with Gasteiger partial charge >= 0.3 is 0 Å². The van der Waals surface area contributed by atoms with Gasteiger partial charge in [-0.05, 0) is 47.5 Å². The zero-order valence-electron chi connectivity index (χ0n) is 14.8. The van der Waals surface area contributed by atoms with Crippen molar-refractivity contribution in [1.29, 1.82) is 0 Å². The third-order valence-electron chi connectivity index (χ3n) is 4.51. The molecule has 4 rings (SSSR count). The van der Waals surface area contributed by atoms with E-state index < -0.39 is 17.4 Å². The Labute approximate surface area is 159 Å². The summed E-state index contributed by atoms with van der Waals surface area (Å²) in [5.41, 5.74) is 8.00. The number of nitrogen functional groups attached to an aromatic ring is 1. The average Bonchev–Trinajstić information content (AvgIpc) is 3.03. The maximum absolute atomic E-state index is 14.0. The summed E-state index contributed by atoms with van der Waals surface area (Å²) in [4.78, 5) is 12.7. The Hall–Kier alpha value is -3.67. The molecule has 0 amide bonds. The van der Waals surface area contributed by atoms with Crippen molar-refractivity contribution in [1.82, 2.24) is 0 Å². The second kappa shape index (κ2) is 6.81. The second-order valence-corrected chi connectivity index (χ2v) is 6.24. The van der Waals surface area contributed by atoms with Crippen LogP contribution in [0.4, 0.5) is 14.5 Å². The third-order valence-corrected chi connectivity index (χ3v) is 4.51. The molecule has 0 bridgehead atoms. The van der Waals surface area contributed by atoms with E-state index in [1.165, 1.54) is 0 Å². The summed E-state index contributed by atoms with van der Waals surface area (Å²) >= 11 is 0. The van der Waals surface area contributed by atoms with Gasteiger partial charge in [-0.25, -0.2) is 8.78 Å². The summed E-state index contributed by atoms with van der Waals surface area (Å²) in [6.07, 6.45) is 0. The average molecular weight is 379 g/mol. The molecule has 1 aromatic heterocycles. The van der Waals surface area contributed by atoms with Crippen LogP contribution in [0.3, 0.4) is 0 Å². The molecule has 0 radical (unpaired) electrons. The van der Waals surface area contributed by atoms with Crippen molar-refractivity contribution in [2.75, 3.05) is 12.8 Å². The van der Waals surface area contributed by atoms with Gasteiger partial charge in [0.1, 0.15) is 23.0 Å². The Morgan fingerprint density at radius 1 is 1.00 bits per heavy atom. The molecule has 2 N–H and O–H groups in total. The Morgan fingerprint density at radius 2 is 1.79 bits per heavy atom. The molecule has 6 heteroatoms. The molecular weight excluding hydrogens is 364 g/mol. The molecule has 0 aliphatic carbocycles. The van der Waals surface area contributed by atoms with Crippen LogP contribution in [0, 0.1) is 11.6 Å². The highest BCUT2D eigenvalue weighted by atomic mass is 19.1. The molecule has 4 aromatic rings. The molecule has 0 unspecified atom stereocenters. The number of ether oxygens (including phenoxy) is 1. The van der Waals surface area contributed by atoms with E-state index in [4.69, 9.17) is 14.9 Å². The lowest BCUT2D eigenvalue weighted by Crippen LogP contribution is -2.06. The number of fused-ring (bicyclic) bond motifs is 1. The number of carbonyl (C=O) groups excluding carboxylic acids is 1. The minimum atomic E-state index is -0.970. The van der Waals surface area contributed by atoms with Gasteiger partial charge in [0.15, 0.2) is 5.76 Å². The minimum absolute atomic E-state index is 0.112. The van der Waals surface area contributed by atoms with E-state index in [1.54, 1.807) is 19.2 Å². The van der Waals surface area contributed by atoms with Crippen molar-refractivity contribution in [2.45, 2.75) is 0 Å². The molecule has 0 aliphatic rings. The first-order valence-corrected chi connectivity index (χ1v) is 8.44. The molecule has 140 valence electrons. The zero-order valence-corrected chi connectivity index (χ0v) is 14.8. The fourth-order valence-electron chi connectivity index (χ4n) is 3.06. The largest absolute Gasteiger partial charge is 0.497 e. The lowest BCUT2D eigenvalue weighted by atomic mass is 10.0. The molecule has 3 aromatic carbocycles. The summed E-state index contributed by atoms with van der Waals surface area (Å²) in [6, 6.07) is 15.5. The van der Waals surface area contributed by atoms with E-state index in [-0.39, 0.29) is 17.0 Å². The Balaban J connectivity index is 1.79. The maximum Gasteiger partial charge on any atom is 0.233 e. The van der Waals surface area contributed by atoms with Gasteiger partial charge in [-0.3, -0.25) is 4.79 Å². The highest BCUT2D eigenvalue weighted by Crippen LogP contribution is 2.34. The van der Waals surface area contributed by atoms with Gasteiger partial charge in [-0.1, -0.05) is 18.2 Å². The SMILES string of the molecule is COc1cccc(-c2ccc3c(N)c(C(=O)c4ccc(F)cc4F)oc3c2)c1. The maximum atomic E-state index is 14.0. The van der Waals surface area contributed by atoms with E-state index in [0.717, 1.165) is 23.3 Å². The predicted molar refractivity (Wildman–Crippen MR) is 102 cm³/mol. The number of rotatable bonds is 4. The van der Waals surface area contributed by atoms with Crippen LogP contribution in [0.25, 0.3) is 22.1 Å². The molecule has 0 aliphatic heterocycles. The number of benzene rings is 3. The summed E-state index contributed by atoms with van der Waals surface area (Å²) in [6.45, 7) is 0. The standard InChI is InChI=1S/C22H15F2NO3/c1-27-15-4-2-3-12(9-15)13-5-7-17-19(10-13)28-22(20(17)25)21(26)16-8-6-14(23)11-18(16)24/h2-11H,25H2,1H3. The second-order valence-electron chi connectivity index (χ2n) is 6.24. The fraction of sp³-hybridized carbons (Fsp3) is 0.0455. The number of carbonyl (C=O) groups is 1. The normalized spacial score (nSPS) is 11.0. The number of nitrogens with two attached hydrogens (primary N) is 1. The topological polar surface area (TPSA) is 65.5 Å². The van der Waals surface area contributed by atoms with Crippen molar-refractivity contribution in [3.8, 4) is 16.9 Å². The van der Waals surface area contributed by atoms with Crippen LogP contribution in [0.15, 0.2) is 65.1 Å². The first kappa shape index (κ1) is 17.7. The predicted octanol–water partition coefficient (Wildman–Crippen LogP) is 5.20. The van der Waals surface area contributed by atoms with E-state index in [0.29, 0.717) is 22.8 Å². The van der Waals surface area contributed by atoms with Gasteiger partial charge in [0.05, 0.1) is 18.4 Å². The van der Waals surface area contributed by atoms with Crippen LogP contribution in [-0.2, 0) is 0 Å². The molecule has 4 nitrogen and oxygen atoms in total. The molecule has 0 atom stereocenters. The van der Waals surface area contributed by atoms with E-state index in [9.17, 15) is 13.6 Å². The number of furan rings is 1. The van der Waals surface area contributed by atoms with Crippen LogP contribution in [0.2, 0.25) is 0 Å². The van der Waals surface area contributed by atoms with Gasteiger partial charge < -0.3 is 14.9 Å². The number of hydrogen-bond acceptors (Lipinski definition) is 4. The van der Waals surface area contributed by atoms with Crippen LogP contribution >= 0.6 is 0 Å². The summed E-state index contributed by atoms with van der Waals surface area (Å²) in [7, 11) is 1.59. The Bertz CT molecular complexity index is 1210. The van der Waals surface area contributed by atoms with Gasteiger partial charge in [-0.15, -0.1) is 0 Å². The molecule has 0 saturated heterocycles. The summed E-state index contributed by atoms with van der Waals surface area (Å²) < 4.78 is 38.0. The monoisotopic (exact) mass is 379 g/mol. The Morgan fingerprint density at radius 3 is 2.54 bits per heavy atom. The minimum Gasteiger partial charge on any atom is -0.497 e. The van der Waals surface area contributed by atoms with Crippen molar-refractivity contribution in [2.24, 2.45) is 0 Å². The van der Waals surface area contributed by atoms with Crippen LogP contribution in [-0.4, -0.2) is 12.9 Å². The van der Waals surface area contributed by atoms with E-state index >= 15 is 0 Å². The summed E-state index contributed by atoms with van der Waals surface area (Å²) in [5, 5.41) is 0.539. The van der Waals surface area contributed by atoms with Gasteiger partial charge in [0, 0.05) is 11.5 Å². The highest BCUT2D eigenvalue weighted by molar-refractivity contribution is 6.14. The molecule has 0 spiro atoms. The van der Waals surface area contributed by atoms with Gasteiger partial charge in [-0.2, -0.15) is 0 Å². The molecule has 28 heavy (non-hydrogen) atoms. The van der Waals surface area contributed by atoms with Crippen molar-refractivity contribution in [3.63, 3.8) is 0 Å². The van der Waals surface area contributed by atoms with Crippen molar-refractivity contribution >= 4 is 22.4 Å². The smallest absolute Gasteiger partial charge is 0.233 e. The third kappa shape index (κ3) is 2.99. The van der Waals surface area contributed by atoms with E-state index in [1.807, 2.05) is 30.3 Å². The lowest BCUT2D eigenvalue weighted by Gasteiger charge is -2.04. The van der Waals surface area contributed by atoms with E-state index in [2.05, 4.69) is 0 Å². The molecule has 0 saturated carbocycles. The molecule has 0 fully saturated rings. The molecular formula is C22H15F2NO3. The number of halogens is 2. The van der Waals surface area contributed by atoms with Crippen LogP contribution in [0.1, 0.15) is 16.1 Å². The van der Waals surface area contributed by atoms with Crippen LogP contribution in [0.5, 0.6) is 5.75 Å². The quantitative estimate of drug-likeness (QED) is 0.495. The van der Waals surface area contributed by atoms with Crippen molar-refractivity contribution < 1.29 is 22.7 Å². The van der Waals surface area contributed by atoms with Gasteiger partial charge in [0.2, 0.25) is 5.78 Å². The zero-order chi connectivity index (χ0) is 19.8. The number of methoxy groups -OCH3 is 1. The van der Waals surface area contributed by atoms with Gasteiger partial charge in [0.25, 0.3) is 0 Å². The number of hydrogen-bond donors (Lipinski definition) is 1. The highest BCUT2D eigenvalue weighted by Gasteiger charge is 2.23. The fourth-order valence-corrected chi connectivity index (χ4v) is 3.06. The molecule has 1 heterocycles. The first-order valence-electron chi connectivity index (χ1n) is 8.44. The summed E-state index contributed by atoms with van der Waals surface area (Å²) in [5.74, 6) is -1.95. The Kier molecular flexibility index (Phi) is 4.31. The number of anilines is 1. The van der Waals surface area contributed by atoms with Crippen molar-refractivity contribution in [3.05, 3.63) is 83.6 Å².